The maximum atomic E-state index is 12.2. The van der Waals surface area contributed by atoms with Gasteiger partial charge in [-0.2, -0.15) is 0 Å². The normalized spacial score (nSPS) is 12.5. The number of primary sulfonamides is 1. The van der Waals surface area contributed by atoms with Crippen LogP contribution in [-0.4, -0.2) is 22.0 Å². The Kier molecular flexibility index (Phi) is 4.38. The first kappa shape index (κ1) is 16.6. The predicted molar refractivity (Wildman–Crippen MR) is 77.8 cm³/mol. The van der Waals surface area contributed by atoms with Crippen LogP contribution in [0.4, 0.5) is 0 Å². The second kappa shape index (κ2) is 5.80. The molecule has 0 aliphatic carbocycles. The third kappa shape index (κ3) is 3.53. The Morgan fingerprint density at radius 1 is 1.18 bits per heavy atom. The van der Waals surface area contributed by atoms with E-state index in [2.05, 4.69) is 9.88 Å². The molecule has 1 aromatic heterocycles. The van der Waals surface area contributed by atoms with E-state index in [0.717, 1.165) is 6.07 Å². The summed E-state index contributed by atoms with van der Waals surface area (Å²) in [7, 11) is -7.87. The van der Waals surface area contributed by atoms with E-state index in [1.54, 1.807) is 13.8 Å². The third-order valence-electron chi connectivity index (χ3n) is 3.06. The Bertz CT molecular complexity index is 881. The van der Waals surface area contributed by atoms with Crippen molar-refractivity contribution in [1.29, 1.82) is 0 Å². The number of hydrogen-bond acceptors (Lipinski definition) is 6. The molecule has 0 spiro atoms. The monoisotopic (exact) mass is 345 g/mol. The average molecular weight is 345 g/mol. The molecule has 0 saturated heterocycles. The number of nitrogens with one attached hydrogen (secondary N) is 1. The molecule has 0 aliphatic rings. The molecule has 1 aromatic carbocycles. The van der Waals surface area contributed by atoms with Crippen LogP contribution in [0.2, 0.25) is 0 Å². The van der Waals surface area contributed by atoms with Crippen molar-refractivity contribution in [2.75, 3.05) is 0 Å². The molecule has 2 aromatic rings. The molecule has 22 heavy (non-hydrogen) atoms. The van der Waals surface area contributed by atoms with Gasteiger partial charge in [-0.05, 0) is 32.0 Å². The highest BCUT2D eigenvalue weighted by Crippen LogP contribution is 2.16. The van der Waals surface area contributed by atoms with E-state index in [0.29, 0.717) is 17.0 Å². The largest absolute Gasteiger partial charge is 0.361 e. The minimum atomic E-state index is -3.97. The second-order valence-electron chi connectivity index (χ2n) is 4.65. The number of rotatable bonds is 5. The molecule has 0 aliphatic heterocycles. The lowest BCUT2D eigenvalue weighted by Crippen LogP contribution is -2.24. The van der Waals surface area contributed by atoms with Crippen molar-refractivity contribution in [1.82, 2.24) is 9.88 Å². The summed E-state index contributed by atoms with van der Waals surface area (Å²) in [6.07, 6.45) is 0. The molecular formula is C12H15N3O5S2. The number of aromatic nitrogens is 1. The Hall–Kier alpha value is -1.75. The first-order valence-corrected chi connectivity index (χ1v) is 9.18. The molecule has 0 amide bonds. The fourth-order valence-electron chi connectivity index (χ4n) is 1.82. The number of nitrogens with two attached hydrogens (primary N) is 1. The van der Waals surface area contributed by atoms with Crippen LogP contribution in [0, 0.1) is 13.8 Å². The topological polar surface area (TPSA) is 132 Å². The molecule has 0 bridgehead atoms. The summed E-state index contributed by atoms with van der Waals surface area (Å²) in [5.74, 6) is 0.512. The van der Waals surface area contributed by atoms with Gasteiger partial charge in [0.25, 0.3) is 0 Å². The van der Waals surface area contributed by atoms with Crippen LogP contribution in [-0.2, 0) is 26.6 Å². The summed E-state index contributed by atoms with van der Waals surface area (Å²) >= 11 is 0. The molecule has 0 fully saturated rings. The third-order valence-corrected chi connectivity index (χ3v) is 5.37. The molecule has 0 atom stereocenters. The Morgan fingerprint density at radius 2 is 1.82 bits per heavy atom. The number of aryl methyl sites for hydroxylation is 2. The van der Waals surface area contributed by atoms with Crippen LogP contribution in [0.15, 0.2) is 38.6 Å². The van der Waals surface area contributed by atoms with Gasteiger partial charge in [0.1, 0.15) is 5.76 Å². The quantitative estimate of drug-likeness (QED) is 0.807. The summed E-state index contributed by atoms with van der Waals surface area (Å²) in [5, 5.41) is 8.73. The maximum Gasteiger partial charge on any atom is 0.240 e. The molecule has 1 heterocycles. The smallest absolute Gasteiger partial charge is 0.240 e. The molecule has 10 heteroatoms. The molecule has 3 N–H and O–H groups in total. The standard InChI is InChI=1S/C12H15N3O5S2/c1-8-12(9(2)20-15-8)7-14-22(18,19)11-5-3-4-10(6-11)21(13,16)17/h3-6,14H,7H2,1-2H3,(H2,13,16,17). The SMILES string of the molecule is Cc1noc(C)c1CNS(=O)(=O)c1cccc(S(N)(=O)=O)c1. The van der Waals surface area contributed by atoms with E-state index >= 15 is 0 Å². The van der Waals surface area contributed by atoms with E-state index in [1.165, 1.54) is 18.2 Å². The van der Waals surface area contributed by atoms with Gasteiger partial charge in [-0.3, -0.25) is 0 Å². The van der Waals surface area contributed by atoms with Gasteiger partial charge < -0.3 is 4.52 Å². The summed E-state index contributed by atoms with van der Waals surface area (Å²) in [6.45, 7) is 3.36. The number of sulfonamides is 2. The van der Waals surface area contributed by atoms with Crippen molar-refractivity contribution < 1.29 is 21.4 Å². The minimum Gasteiger partial charge on any atom is -0.361 e. The fourth-order valence-corrected chi connectivity index (χ4v) is 3.50. The minimum absolute atomic E-state index is 0.0108. The fraction of sp³-hybridized carbons (Fsp3) is 0.250. The summed E-state index contributed by atoms with van der Waals surface area (Å²) in [4.78, 5) is -0.460. The molecule has 0 saturated carbocycles. The average Bonchev–Trinajstić information content (AvgIpc) is 2.75. The lowest BCUT2D eigenvalue weighted by atomic mass is 10.2. The highest BCUT2D eigenvalue weighted by molar-refractivity contribution is 7.90. The first-order chi connectivity index (χ1) is 10.1. The van der Waals surface area contributed by atoms with Crippen LogP contribution in [0.25, 0.3) is 0 Å². The predicted octanol–water partition coefficient (Wildman–Crippen LogP) is 0.417. The van der Waals surface area contributed by atoms with Gasteiger partial charge in [0.2, 0.25) is 20.0 Å². The van der Waals surface area contributed by atoms with Gasteiger partial charge in [0.15, 0.2) is 0 Å². The maximum absolute atomic E-state index is 12.2. The summed E-state index contributed by atoms with van der Waals surface area (Å²) < 4.78 is 54.4. The molecule has 8 nitrogen and oxygen atoms in total. The molecule has 0 unspecified atom stereocenters. The van der Waals surface area contributed by atoms with Gasteiger partial charge in [0, 0.05) is 12.1 Å². The van der Waals surface area contributed by atoms with Gasteiger partial charge in [-0.15, -0.1) is 0 Å². The van der Waals surface area contributed by atoms with Gasteiger partial charge in [0.05, 0.1) is 15.5 Å². The number of hydrogen-bond donors (Lipinski definition) is 2. The molecular weight excluding hydrogens is 330 g/mol. The highest BCUT2D eigenvalue weighted by atomic mass is 32.2. The van der Waals surface area contributed by atoms with Crippen LogP contribution in [0.1, 0.15) is 17.0 Å². The molecule has 120 valence electrons. The summed E-state index contributed by atoms with van der Waals surface area (Å²) in [5.41, 5.74) is 1.21. The van der Waals surface area contributed by atoms with E-state index in [9.17, 15) is 16.8 Å². The lowest BCUT2D eigenvalue weighted by Gasteiger charge is -2.07. The van der Waals surface area contributed by atoms with Crippen molar-refractivity contribution in [3.63, 3.8) is 0 Å². The van der Waals surface area contributed by atoms with Gasteiger partial charge in [-0.1, -0.05) is 11.2 Å². The Morgan fingerprint density at radius 3 is 2.36 bits per heavy atom. The Balaban J connectivity index is 2.28. The second-order valence-corrected chi connectivity index (χ2v) is 7.98. The van der Waals surface area contributed by atoms with Crippen LogP contribution in [0.5, 0.6) is 0 Å². The first-order valence-electron chi connectivity index (χ1n) is 6.15. The summed E-state index contributed by atoms with van der Waals surface area (Å²) in [6, 6.07) is 4.82. The Labute approximate surface area is 128 Å². The van der Waals surface area contributed by atoms with Crippen LogP contribution in [0.3, 0.4) is 0 Å². The van der Waals surface area contributed by atoms with E-state index in [4.69, 9.17) is 9.66 Å². The van der Waals surface area contributed by atoms with E-state index in [1.807, 2.05) is 0 Å². The molecule has 2 rings (SSSR count). The van der Waals surface area contributed by atoms with Crippen molar-refractivity contribution in [2.45, 2.75) is 30.2 Å². The van der Waals surface area contributed by atoms with E-state index < -0.39 is 20.0 Å². The van der Waals surface area contributed by atoms with Gasteiger partial charge in [-0.25, -0.2) is 26.7 Å². The highest BCUT2D eigenvalue weighted by Gasteiger charge is 2.19. The van der Waals surface area contributed by atoms with Crippen LogP contribution >= 0.6 is 0 Å². The zero-order chi connectivity index (χ0) is 16.5. The van der Waals surface area contributed by atoms with Crippen molar-refractivity contribution in [3.05, 3.63) is 41.3 Å². The number of benzene rings is 1. The van der Waals surface area contributed by atoms with Crippen molar-refractivity contribution in [3.8, 4) is 0 Å². The van der Waals surface area contributed by atoms with Gasteiger partial charge >= 0.3 is 0 Å². The van der Waals surface area contributed by atoms with Crippen molar-refractivity contribution in [2.24, 2.45) is 5.14 Å². The number of nitrogens with zero attached hydrogens (tertiary/aromatic N) is 1. The van der Waals surface area contributed by atoms with E-state index in [-0.39, 0.29) is 16.3 Å². The van der Waals surface area contributed by atoms with Crippen molar-refractivity contribution >= 4 is 20.0 Å². The lowest BCUT2D eigenvalue weighted by molar-refractivity contribution is 0.392. The zero-order valence-electron chi connectivity index (χ0n) is 11.9. The zero-order valence-corrected chi connectivity index (χ0v) is 13.5. The van der Waals surface area contributed by atoms with Crippen LogP contribution < -0.4 is 9.86 Å². The molecule has 0 radical (unpaired) electrons.